The Labute approximate surface area is 178 Å². The van der Waals surface area contributed by atoms with Crippen molar-refractivity contribution >= 4 is 11.6 Å². The minimum Gasteiger partial charge on any atom is -0.455 e. The lowest BCUT2D eigenvalue weighted by atomic mass is 10.1. The number of nitrogens with zero attached hydrogens (tertiary/aromatic N) is 3. The number of amides is 1. The van der Waals surface area contributed by atoms with Crippen molar-refractivity contribution in [1.82, 2.24) is 14.8 Å². The van der Waals surface area contributed by atoms with Crippen LogP contribution < -0.4 is 10.1 Å². The second-order valence-electron chi connectivity index (χ2n) is 8.04. The Morgan fingerprint density at radius 1 is 1.20 bits per heavy atom. The number of pyridine rings is 1. The first-order chi connectivity index (χ1) is 14.3. The quantitative estimate of drug-likeness (QED) is 0.557. The lowest BCUT2D eigenvalue weighted by molar-refractivity contribution is -0.116. The van der Waals surface area contributed by atoms with Crippen molar-refractivity contribution in [3.8, 4) is 11.5 Å². The van der Waals surface area contributed by atoms with Crippen LogP contribution in [0.25, 0.3) is 0 Å². The van der Waals surface area contributed by atoms with E-state index in [2.05, 4.69) is 40.9 Å². The van der Waals surface area contributed by atoms with Gasteiger partial charge in [-0.2, -0.15) is 5.10 Å². The number of anilines is 1. The Hall–Kier alpha value is -3.15. The van der Waals surface area contributed by atoms with Gasteiger partial charge in [0.15, 0.2) is 0 Å². The van der Waals surface area contributed by atoms with Crippen LogP contribution in [0.3, 0.4) is 0 Å². The largest absolute Gasteiger partial charge is 0.455 e. The first-order valence-electron chi connectivity index (χ1n) is 10.3. The van der Waals surface area contributed by atoms with Gasteiger partial charge >= 0.3 is 0 Å². The van der Waals surface area contributed by atoms with Crippen LogP contribution in [0.4, 0.5) is 5.69 Å². The van der Waals surface area contributed by atoms with Crippen molar-refractivity contribution in [3.05, 3.63) is 65.2 Å². The molecule has 1 N–H and O–H groups in total. The zero-order valence-electron chi connectivity index (χ0n) is 18.4. The van der Waals surface area contributed by atoms with E-state index < -0.39 is 0 Å². The fourth-order valence-electron chi connectivity index (χ4n) is 3.46. The molecule has 0 saturated heterocycles. The van der Waals surface area contributed by atoms with Gasteiger partial charge in [-0.25, -0.2) is 0 Å². The lowest BCUT2D eigenvalue weighted by Gasteiger charge is -2.11. The fraction of sp³-hybridized carbons (Fsp3) is 0.375. The predicted octanol–water partition coefficient (Wildman–Crippen LogP) is 5.22. The highest BCUT2D eigenvalue weighted by Gasteiger charge is 2.14. The van der Waals surface area contributed by atoms with Crippen molar-refractivity contribution in [3.63, 3.8) is 0 Å². The Balaban J connectivity index is 1.59. The Morgan fingerprint density at radius 3 is 2.67 bits per heavy atom. The van der Waals surface area contributed by atoms with Gasteiger partial charge in [0.2, 0.25) is 5.91 Å². The first-order valence-corrected chi connectivity index (χ1v) is 10.3. The second-order valence-corrected chi connectivity index (χ2v) is 8.04. The van der Waals surface area contributed by atoms with Gasteiger partial charge in [-0.05, 0) is 74.6 Å². The molecule has 0 unspecified atom stereocenters. The molecule has 0 aliphatic heterocycles. The molecule has 1 aromatic carbocycles. The van der Waals surface area contributed by atoms with E-state index in [0.717, 1.165) is 34.9 Å². The SMILES string of the molecule is Cc1cc(NC(=O)CCc2c(C)nn(CC(C)C)c2C)ccc1Oc1cccnc1. The Bertz CT molecular complexity index is 1010. The maximum absolute atomic E-state index is 12.5. The van der Waals surface area contributed by atoms with E-state index in [1.165, 1.54) is 5.56 Å². The molecule has 0 aliphatic rings. The molecule has 0 radical (unpaired) electrons. The van der Waals surface area contributed by atoms with Crippen molar-refractivity contribution < 1.29 is 9.53 Å². The van der Waals surface area contributed by atoms with Gasteiger partial charge in [0.05, 0.1) is 11.9 Å². The van der Waals surface area contributed by atoms with E-state index in [4.69, 9.17) is 4.74 Å². The molecule has 1 amide bonds. The number of benzene rings is 1. The van der Waals surface area contributed by atoms with Gasteiger partial charge < -0.3 is 10.1 Å². The number of hydrogen-bond acceptors (Lipinski definition) is 4. The first kappa shape index (κ1) is 21.6. The molecule has 0 fully saturated rings. The average Bonchev–Trinajstić information content (AvgIpc) is 2.95. The Kier molecular flexibility index (Phi) is 6.87. The molecule has 6 heteroatoms. The smallest absolute Gasteiger partial charge is 0.224 e. The average molecular weight is 407 g/mol. The van der Waals surface area contributed by atoms with Crippen molar-refractivity contribution in [2.45, 2.75) is 54.0 Å². The zero-order valence-corrected chi connectivity index (χ0v) is 18.4. The summed E-state index contributed by atoms with van der Waals surface area (Å²) in [5.74, 6) is 1.95. The number of nitrogens with one attached hydrogen (secondary N) is 1. The maximum Gasteiger partial charge on any atom is 0.224 e. The molecule has 2 heterocycles. The van der Waals surface area contributed by atoms with Crippen LogP contribution in [-0.2, 0) is 17.8 Å². The van der Waals surface area contributed by atoms with Gasteiger partial charge in [-0.1, -0.05) is 13.8 Å². The number of hydrogen-bond donors (Lipinski definition) is 1. The lowest BCUT2D eigenvalue weighted by Crippen LogP contribution is -2.13. The second kappa shape index (κ2) is 9.57. The van der Waals surface area contributed by atoms with Gasteiger partial charge in [0, 0.05) is 30.5 Å². The van der Waals surface area contributed by atoms with Crippen molar-refractivity contribution in [2.24, 2.45) is 5.92 Å². The van der Waals surface area contributed by atoms with E-state index in [9.17, 15) is 4.79 Å². The zero-order chi connectivity index (χ0) is 21.7. The van der Waals surface area contributed by atoms with E-state index in [0.29, 0.717) is 24.5 Å². The van der Waals surface area contributed by atoms with E-state index in [1.54, 1.807) is 12.4 Å². The molecule has 2 aromatic heterocycles. The molecule has 30 heavy (non-hydrogen) atoms. The topological polar surface area (TPSA) is 69.0 Å². The molecular formula is C24H30N4O2. The summed E-state index contributed by atoms with van der Waals surface area (Å²) >= 11 is 0. The van der Waals surface area contributed by atoms with Crippen LogP contribution in [0, 0.1) is 26.7 Å². The minimum atomic E-state index is -0.00858. The number of carbonyl (C=O) groups excluding carboxylic acids is 1. The van der Waals surface area contributed by atoms with Crippen LogP contribution >= 0.6 is 0 Å². The predicted molar refractivity (Wildman–Crippen MR) is 119 cm³/mol. The summed E-state index contributed by atoms with van der Waals surface area (Å²) in [5, 5.41) is 7.62. The van der Waals surface area contributed by atoms with E-state index >= 15 is 0 Å². The normalized spacial score (nSPS) is 11.0. The Morgan fingerprint density at radius 2 is 2.00 bits per heavy atom. The number of aromatic nitrogens is 3. The van der Waals surface area contributed by atoms with Crippen LogP contribution in [0.1, 0.15) is 42.8 Å². The summed E-state index contributed by atoms with van der Waals surface area (Å²) in [6.07, 6.45) is 4.48. The highest BCUT2D eigenvalue weighted by Crippen LogP contribution is 2.27. The third-order valence-corrected chi connectivity index (χ3v) is 4.99. The summed E-state index contributed by atoms with van der Waals surface area (Å²) in [5.41, 5.74) is 5.04. The number of carbonyl (C=O) groups is 1. The van der Waals surface area contributed by atoms with E-state index in [-0.39, 0.29) is 5.91 Å². The molecule has 0 spiro atoms. The highest BCUT2D eigenvalue weighted by molar-refractivity contribution is 5.91. The van der Waals surface area contributed by atoms with Gasteiger partial charge in [-0.15, -0.1) is 0 Å². The number of rotatable bonds is 8. The molecule has 6 nitrogen and oxygen atoms in total. The minimum absolute atomic E-state index is 0.00858. The van der Waals surface area contributed by atoms with E-state index in [1.807, 2.05) is 44.2 Å². The summed E-state index contributed by atoms with van der Waals surface area (Å²) in [6, 6.07) is 9.32. The van der Waals surface area contributed by atoms with Gasteiger partial charge in [0.1, 0.15) is 11.5 Å². The standard InChI is InChI=1S/C24H30N4O2/c1-16(2)15-28-19(5)22(18(4)27-28)9-11-24(29)26-20-8-10-23(17(3)13-20)30-21-7-6-12-25-14-21/h6-8,10,12-14,16H,9,11,15H2,1-5H3,(H,26,29). The molecule has 3 rings (SSSR count). The number of ether oxygens (including phenoxy) is 1. The summed E-state index contributed by atoms with van der Waals surface area (Å²) in [4.78, 5) is 16.6. The molecular weight excluding hydrogens is 376 g/mol. The van der Waals surface area contributed by atoms with Crippen molar-refractivity contribution in [1.29, 1.82) is 0 Å². The summed E-state index contributed by atoms with van der Waals surface area (Å²) in [7, 11) is 0. The molecule has 0 atom stereocenters. The summed E-state index contributed by atoms with van der Waals surface area (Å²) < 4.78 is 7.90. The number of aryl methyl sites for hydroxylation is 2. The molecule has 0 aliphatic carbocycles. The summed E-state index contributed by atoms with van der Waals surface area (Å²) in [6.45, 7) is 11.3. The molecule has 3 aromatic rings. The highest BCUT2D eigenvalue weighted by atomic mass is 16.5. The van der Waals surface area contributed by atoms with Crippen LogP contribution in [0.5, 0.6) is 11.5 Å². The van der Waals surface area contributed by atoms with Crippen LogP contribution in [0.2, 0.25) is 0 Å². The third kappa shape index (κ3) is 5.47. The van der Waals surface area contributed by atoms with Crippen LogP contribution in [0.15, 0.2) is 42.7 Å². The molecule has 0 saturated carbocycles. The van der Waals surface area contributed by atoms with Gasteiger partial charge in [-0.3, -0.25) is 14.5 Å². The van der Waals surface area contributed by atoms with Crippen LogP contribution in [-0.4, -0.2) is 20.7 Å². The monoisotopic (exact) mass is 406 g/mol. The fourth-order valence-corrected chi connectivity index (χ4v) is 3.46. The third-order valence-electron chi connectivity index (χ3n) is 4.99. The maximum atomic E-state index is 12.5. The molecule has 0 bridgehead atoms. The van der Waals surface area contributed by atoms with Gasteiger partial charge in [0.25, 0.3) is 0 Å². The van der Waals surface area contributed by atoms with Crippen molar-refractivity contribution in [2.75, 3.05) is 5.32 Å². The molecule has 158 valence electrons.